The van der Waals surface area contributed by atoms with Gasteiger partial charge in [-0.25, -0.2) is 9.18 Å². The van der Waals surface area contributed by atoms with Gasteiger partial charge in [-0.2, -0.15) is 0 Å². The van der Waals surface area contributed by atoms with Crippen LogP contribution in [0.15, 0.2) is 18.2 Å². The summed E-state index contributed by atoms with van der Waals surface area (Å²) in [5.41, 5.74) is -0.00896. The number of esters is 1. The van der Waals surface area contributed by atoms with E-state index >= 15 is 0 Å². The lowest BCUT2D eigenvalue weighted by Crippen LogP contribution is -2.19. The molecule has 0 heterocycles. The Morgan fingerprint density at radius 3 is 2.53 bits per heavy atom. The van der Waals surface area contributed by atoms with Crippen LogP contribution in [-0.4, -0.2) is 24.6 Å². The predicted molar refractivity (Wildman–Crippen MR) is 57.4 cm³/mol. The Bertz CT molecular complexity index is 484. The molecule has 0 aliphatic rings. The molecule has 0 N–H and O–H groups in total. The van der Waals surface area contributed by atoms with Gasteiger partial charge in [-0.3, -0.25) is 9.59 Å². The van der Waals surface area contributed by atoms with Gasteiger partial charge in [0.25, 0.3) is 0 Å². The highest BCUT2D eigenvalue weighted by atomic mass is 35.5. The van der Waals surface area contributed by atoms with Gasteiger partial charge in [0.05, 0.1) is 18.6 Å². The number of carbonyl (C=O) groups is 3. The first kappa shape index (κ1) is 13.3. The summed E-state index contributed by atoms with van der Waals surface area (Å²) in [4.78, 5) is 33.5. The van der Waals surface area contributed by atoms with Crippen molar-refractivity contribution in [3.05, 3.63) is 34.6 Å². The van der Waals surface area contributed by atoms with Crippen LogP contribution in [0, 0.1) is 5.82 Å². The lowest BCUT2D eigenvalue weighted by atomic mass is 10.1. The summed E-state index contributed by atoms with van der Waals surface area (Å²) in [6.07, 6.45) is -0.655. The molecule has 1 aromatic rings. The average molecular weight is 259 g/mol. The van der Waals surface area contributed by atoms with Crippen LogP contribution in [-0.2, 0) is 14.3 Å². The molecule has 0 fully saturated rings. The lowest BCUT2D eigenvalue weighted by molar-refractivity contribution is -0.151. The number of hydrogen-bond donors (Lipinski definition) is 0. The molecule has 0 saturated heterocycles. The van der Waals surface area contributed by atoms with Crippen LogP contribution in [0.3, 0.4) is 0 Å². The number of Topliss-reactive ketones (excluding diaryl/α,β-unsaturated/α-hetero) is 2. The highest BCUT2D eigenvalue weighted by Crippen LogP contribution is 2.18. The summed E-state index contributed by atoms with van der Waals surface area (Å²) >= 11 is 5.63. The fraction of sp³-hybridized carbons (Fsp3) is 0.182. The van der Waals surface area contributed by atoms with Crippen LogP contribution in [0.4, 0.5) is 4.39 Å². The second-order valence-electron chi connectivity index (χ2n) is 3.14. The number of carbonyl (C=O) groups excluding carboxylic acids is 3. The van der Waals surface area contributed by atoms with Gasteiger partial charge < -0.3 is 4.74 Å². The van der Waals surface area contributed by atoms with E-state index in [1.807, 2.05) is 0 Å². The van der Waals surface area contributed by atoms with E-state index in [1.54, 1.807) is 0 Å². The van der Waals surface area contributed by atoms with E-state index < -0.39 is 29.8 Å². The van der Waals surface area contributed by atoms with Crippen molar-refractivity contribution >= 4 is 29.1 Å². The second-order valence-corrected chi connectivity index (χ2v) is 3.55. The normalized spacial score (nSPS) is 9.82. The van der Waals surface area contributed by atoms with Crippen molar-refractivity contribution in [2.75, 3.05) is 7.11 Å². The Morgan fingerprint density at radius 1 is 1.35 bits per heavy atom. The van der Waals surface area contributed by atoms with Gasteiger partial charge in [-0.15, -0.1) is 0 Å². The van der Waals surface area contributed by atoms with Crippen molar-refractivity contribution in [1.29, 1.82) is 0 Å². The molecule has 0 aromatic heterocycles. The number of halogens is 2. The molecule has 0 unspecified atom stereocenters. The monoisotopic (exact) mass is 258 g/mol. The SMILES string of the molecule is COC(=O)C(=O)CC(=O)c1ccc(F)cc1Cl. The van der Waals surface area contributed by atoms with Crippen molar-refractivity contribution in [2.45, 2.75) is 6.42 Å². The Balaban J connectivity index is 2.84. The largest absolute Gasteiger partial charge is 0.463 e. The molecule has 0 atom stereocenters. The maximum Gasteiger partial charge on any atom is 0.374 e. The van der Waals surface area contributed by atoms with Gasteiger partial charge in [0.2, 0.25) is 5.78 Å². The standard InChI is InChI=1S/C11H8ClFO4/c1-17-11(16)10(15)5-9(14)7-3-2-6(13)4-8(7)12/h2-4H,5H2,1H3. The van der Waals surface area contributed by atoms with Crippen molar-refractivity contribution in [2.24, 2.45) is 0 Å². The molecular formula is C11H8ClFO4. The molecule has 0 spiro atoms. The third kappa shape index (κ3) is 3.35. The van der Waals surface area contributed by atoms with Crippen LogP contribution < -0.4 is 0 Å². The molecule has 17 heavy (non-hydrogen) atoms. The van der Waals surface area contributed by atoms with Crippen LogP contribution in [0.2, 0.25) is 5.02 Å². The maximum atomic E-state index is 12.7. The van der Waals surface area contributed by atoms with Gasteiger partial charge >= 0.3 is 5.97 Å². The Hall–Kier alpha value is -1.75. The van der Waals surface area contributed by atoms with Crippen LogP contribution in [0.5, 0.6) is 0 Å². The first-order chi connectivity index (χ1) is 7.95. The fourth-order valence-electron chi connectivity index (χ4n) is 1.14. The van der Waals surface area contributed by atoms with Crippen LogP contribution in [0.25, 0.3) is 0 Å². The molecule has 6 heteroatoms. The highest BCUT2D eigenvalue weighted by Gasteiger charge is 2.20. The van der Waals surface area contributed by atoms with E-state index in [-0.39, 0.29) is 10.6 Å². The number of rotatable bonds is 4. The third-order valence-corrected chi connectivity index (χ3v) is 2.28. The molecule has 0 saturated carbocycles. The summed E-state index contributed by atoms with van der Waals surface area (Å²) in [7, 11) is 1.04. The van der Waals surface area contributed by atoms with Crippen molar-refractivity contribution in [1.82, 2.24) is 0 Å². The van der Waals surface area contributed by atoms with Crippen molar-refractivity contribution < 1.29 is 23.5 Å². The summed E-state index contributed by atoms with van der Waals surface area (Å²) in [6.45, 7) is 0. The van der Waals surface area contributed by atoms with E-state index in [9.17, 15) is 18.8 Å². The quantitative estimate of drug-likeness (QED) is 0.358. The summed E-state index contributed by atoms with van der Waals surface area (Å²) in [5.74, 6) is -3.33. The Labute approximate surface area is 101 Å². The van der Waals surface area contributed by atoms with E-state index in [1.165, 1.54) is 0 Å². The number of ether oxygens (including phenoxy) is 1. The maximum absolute atomic E-state index is 12.7. The minimum absolute atomic E-state index is 0.00896. The first-order valence-corrected chi connectivity index (χ1v) is 4.93. The van der Waals surface area contributed by atoms with Gasteiger partial charge in [0, 0.05) is 5.56 Å². The van der Waals surface area contributed by atoms with Crippen molar-refractivity contribution in [3.63, 3.8) is 0 Å². The number of methoxy groups -OCH3 is 1. The molecule has 0 bridgehead atoms. The van der Waals surface area contributed by atoms with Gasteiger partial charge in [0.1, 0.15) is 5.82 Å². The summed E-state index contributed by atoms with van der Waals surface area (Å²) < 4.78 is 16.9. The highest BCUT2D eigenvalue weighted by molar-refractivity contribution is 6.40. The zero-order valence-corrected chi connectivity index (χ0v) is 9.58. The van der Waals surface area contributed by atoms with Crippen LogP contribution in [0.1, 0.15) is 16.8 Å². The molecule has 0 radical (unpaired) electrons. The molecule has 0 aliphatic carbocycles. The molecule has 1 rings (SSSR count). The molecule has 0 amide bonds. The molecule has 90 valence electrons. The summed E-state index contributed by atoms with van der Waals surface area (Å²) in [6, 6.07) is 3.16. The molecule has 4 nitrogen and oxygen atoms in total. The van der Waals surface area contributed by atoms with Gasteiger partial charge in [-0.1, -0.05) is 11.6 Å². The van der Waals surface area contributed by atoms with Crippen molar-refractivity contribution in [3.8, 4) is 0 Å². The molecular weight excluding hydrogens is 251 g/mol. The first-order valence-electron chi connectivity index (χ1n) is 4.55. The molecule has 1 aromatic carbocycles. The van der Waals surface area contributed by atoms with Crippen LogP contribution >= 0.6 is 11.6 Å². The minimum atomic E-state index is -1.10. The average Bonchev–Trinajstić information content (AvgIpc) is 2.27. The smallest absolute Gasteiger partial charge is 0.374 e. The van der Waals surface area contributed by atoms with E-state index in [4.69, 9.17) is 11.6 Å². The minimum Gasteiger partial charge on any atom is -0.463 e. The number of benzene rings is 1. The van der Waals surface area contributed by atoms with E-state index in [0.717, 1.165) is 25.3 Å². The van der Waals surface area contributed by atoms with E-state index in [0.29, 0.717) is 0 Å². The predicted octanol–water partition coefficient (Wildman–Crippen LogP) is 1.79. The Kier molecular flexibility index (Phi) is 4.34. The number of hydrogen-bond acceptors (Lipinski definition) is 4. The summed E-state index contributed by atoms with van der Waals surface area (Å²) in [5, 5.41) is -0.104. The lowest BCUT2D eigenvalue weighted by Gasteiger charge is -2.02. The third-order valence-electron chi connectivity index (χ3n) is 1.97. The van der Waals surface area contributed by atoms with Gasteiger partial charge in [-0.05, 0) is 18.2 Å². The molecule has 0 aliphatic heterocycles. The zero-order chi connectivity index (χ0) is 13.0. The van der Waals surface area contributed by atoms with E-state index in [2.05, 4.69) is 4.74 Å². The topological polar surface area (TPSA) is 60.4 Å². The zero-order valence-electron chi connectivity index (χ0n) is 8.83. The van der Waals surface area contributed by atoms with Gasteiger partial charge in [0.15, 0.2) is 5.78 Å². The Morgan fingerprint density at radius 2 is 2.00 bits per heavy atom. The number of ketones is 2. The fourth-order valence-corrected chi connectivity index (χ4v) is 1.42. The second kappa shape index (κ2) is 5.54.